The largest absolute Gasteiger partial charge is 0.478 e. The number of carbonyl (C=O) groups excluding carboxylic acids is 1. The third-order valence-corrected chi connectivity index (χ3v) is 7.95. The molecule has 0 radical (unpaired) electrons. The predicted octanol–water partition coefficient (Wildman–Crippen LogP) is 6.75. The highest BCUT2D eigenvalue weighted by Gasteiger charge is 2.19. The maximum absolute atomic E-state index is 13.5. The Bertz CT molecular complexity index is 1480. The molecule has 4 aromatic rings. The van der Waals surface area contributed by atoms with Crippen LogP contribution in [0.25, 0.3) is 6.08 Å². The van der Waals surface area contributed by atoms with Crippen molar-refractivity contribution < 1.29 is 19.4 Å². The maximum Gasteiger partial charge on any atom is 0.339 e. The molecule has 2 heterocycles. The van der Waals surface area contributed by atoms with Gasteiger partial charge in [0.1, 0.15) is 11.6 Å². The van der Waals surface area contributed by atoms with E-state index >= 15 is 0 Å². The SMILES string of the molecule is CCCCc1ncc(C=C(Cc2cccs2)C(=O)Oc2ccc3c(c2)CCC3)n1Cc1ccc(C(=O)O)cc1. The van der Waals surface area contributed by atoms with Crippen molar-refractivity contribution in [1.82, 2.24) is 9.55 Å². The Morgan fingerprint density at radius 1 is 1.10 bits per heavy atom. The first kappa shape index (κ1) is 26.6. The van der Waals surface area contributed by atoms with Gasteiger partial charge in [0.2, 0.25) is 0 Å². The zero-order valence-electron chi connectivity index (χ0n) is 22.1. The summed E-state index contributed by atoms with van der Waals surface area (Å²) in [4.78, 5) is 30.6. The number of aryl methyl sites for hydroxylation is 3. The van der Waals surface area contributed by atoms with Crippen LogP contribution >= 0.6 is 11.3 Å². The Morgan fingerprint density at radius 2 is 1.92 bits per heavy atom. The number of imidazole rings is 1. The van der Waals surface area contributed by atoms with Gasteiger partial charge in [0, 0.05) is 29.8 Å². The number of ether oxygens (including phenoxy) is 1. The van der Waals surface area contributed by atoms with Gasteiger partial charge in [-0.2, -0.15) is 0 Å². The summed E-state index contributed by atoms with van der Waals surface area (Å²) in [5.41, 5.74) is 5.19. The highest BCUT2D eigenvalue weighted by Crippen LogP contribution is 2.27. The fourth-order valence-corrected chi connectivity index (χ4v) is 5.67. The van der Waals surface area contributed by atoms with E-state index in [0.29, 0.717) is 24.3 Å². The topological polar surface area (TPSA) is 81.4 Å². The summed E-state index contributed by atoms with van der Waals surface area (Å²) >= 11 is 1.61. The van der Waals surface area contributed by atoms with Gasteiger partial charge in [-0.15, -0.1) is 11.3 Å². The monoisotopic (exact) mass is 540 g/mol. The smallest absolute Gasteiger partial charge is 0.339 e. The molecule has 0 bridgehead atoms. The molecule has 2 aromatic heterocycles. The molecule has 1 N–H and O–H groups in total. The molecule has 1 aliphatic carbocycles. The minimum Gasteiger partial charge on any atom is -0.478 e. The van der Waals surface area contributed by atoms with Crippen molar-refractivity contribution in [2.45, 2.75) is 58.4 Å². The van der Waals surface area contributed by atoms with Crippen molar-refractivity contribution in [2.24, 2.45) is 0 Å². The molecule has 1 aliphatic rings. The standard InChI is InChI=1S/C32H32N2O4S/c1-2-3-9-30-33-20-27(34(30)21-22-10-12-24(13-11-22)31(35)36)17-26(19-29-8-5-16-39-29)32(37)38-28-15-14-23-6-4-7-25(23)18-28/h5,8,10-18,20H,2-4,6-7,9,19,21H2,1H3,(H,35,36). The first-order valence-corrected chi connectivity index (χ1v) is 14.3. The Hall–Kier alpha value is -3.97. The van der Waals surface area contributed by atoms with Crippen LogP contribution in [0, 0.1) is 0 Å². The number of carboxylic acids is 1. The van der Waals surface area contributed by atoms with Crippen molar-refractivity contribution in [3.05, 3.63) is 110 Å². The lowest BCUT2D eigenvalue weighted by Crippen LogP contribution is -2.14. The summed E-state index contributed by atoms with van der Waals surface area (Å²) in [7, 11) is 0. The van der Waals surface area contributed by atoms with Crippen LogP contribution < -0.4 is 4.74 Å². The first-order valence-electron chi connectivity index (χ1n) is 13.4. The van der Waals surface area contributed by atoms with Crippen molar-refractivity contribution in [2.75, 3.05) is 0 Å². The molecule has 6 nitrogen and oxygen atoms in total. The maximum atomic E-state index is 13.5. The molecule has 0 aliphatic heterocycles. The molecule has 2 aromatic carbocycles. The fraction of sp³-hybridized carbons (Fsp3) is 0.281. The van der Waals surface area contributed by atoms with Gasteiger partial charge >= 0.3 is 11.9 Å². The average Bonchev–Trinajstić information content (AvgIpc) is 3.70. The van der Waals surface area contributed by atoms with Gasteiger partial charge in [-0.3, -0.25) is 0 Å². The van der Waals surface area contributed by atoms with Gasteiger partial charge in [-0.1, -0.05) is 37.6 Å². The zero-order valence-corrected chi connectivity index (χ0v) is 22.9. The summed E-state index contributed by atoms with van der Waals surface area (Å²) in [6, 6.07) is 16.9. The Morgan fingerprint density at radius 3 is 2.67 bits per heavy atom. The number of carboxylic acid groups (broad SMARTS) is 1. The number of carbonyl (C=O) groups is 2. The van der Waals surface area contributed by atoms with Gasteiger partial charge in [0.15, 0.2) is 0 Å². The van der Waals surface area contributed by atoms with Gasteiger partial charge < -0.3 is 14.4 Å². The van der Waals surface area contributed by atoms with E-state index in [1.165, 1.54) is 11.1 Å². The zero-order chi connectivity index (χ0) is 27.2. The van der Waals surface area contributed by atoms with E-state index in [-0.39, 0.29) is 11.5 Å². The van der Waals surface area contributed by atoms with E-state index in [0.717, 1.165) is 60.5 Å². The van der Waals surface area contributed by atoms with Crippen LogP contribution in [-0.4, -0.2) is 26.6 Å². The molecular weight excluding hydrogens is 508 g/mol. The van der Waals surface area contributed by atoms with E-state index in [1.807, 2.05) is 54.1 Å². The summed E-state index contributed by atoms with van der Waals surface area (Å²) in [5, 5.41) is 11.3. The molecule has 0 saturated heterocycles. The molecular formula is C32H32N2O4S. The van der Waals surface area contributed by atoms with Crippen molar-refractivity contribution >= 4 is 29.4 Å². The predicted molar refractivity (Wildman–Crippen MR) is 153 cm³/mol. The molecule has 200 valence electrons. The number of thiophene rings is 1. The van der Waals surface area contributed by atoms with Gasteiger partial charge in [-0.05, 0) is 84.2 Å². The van der Waals surface area contributed by atoms with E-state index < -0.39 is 5.97 Å². The lowest BCUT2D eigenvalue weighted by atomic mass is 10.1. The van der Waals surface area contributed by atoms with E-state index in [1.54, 1.807) is 23.5 Å². The fourth-order valence-electron chi connectivity index (χ4n) is 4.94. The number of esters is 1. The lowest BCUT2D eigenvalue weighted by Gasteiger charge is -2.13. The molecule has 0 saturated carbocycles. The second-order valence-corrected chi connectivity index (χ2v) is 10.9. The van der Waals surface area contributed by atoms with Crippen LogP contribution in [0.2, 0.25) is 0 Å². The minimum absolute atomic E-state index is 0.253. The number of unbranched alkanes of at least 4 members (excludes halogenated alkanes) is 1. The third-order valence-electron chi connectivity index (χ3n) is 7.07. The average molecular weight is 541 g/mol. The van der Waals surface area contributed by atoms with Crippen LogP contribution in [0.4, 0.5) is 0 Å². The van der Waals surface area contributed by atoms with Crippen molar-refractivity contribution in [3.8, 4) is 5.75 Å². The number of benzene rings is 2. The molecule has 0 spiro atoms. The van der Waals surface area contributed by atoms with E-state index in [9.17, 15) is 14.7 Å². The Kier molecular flexibility index (Phi) is 8.37. The second-order valence-electron chi connectivity index (χ2n) is 9.89. The Labute approximate surface area is 232 Å². The van der Waals surface area contributed by atoms with Gasteiger partial charge in [0.25, 0.3) is 0 Å². The Balaban J connectivity index is 1.47. The number of aromatic nitrogens is 2. The van der Waals surface area contributed by atoms with Gasteiger partial charge in [-0.25, -0.2) is 14.6 Å². The number of hydrogen-bond acceptors (Lipinski definition) is 5. The van der Waals surface area contributed by atoms with E-state index in [2.05, 4.69) is 17.6 Å². The van der Waals surface area contributed by atoms with Crippen LogP contribution in [0.3, 0.4) is 0 Å². The quantitative estimate of drug-likeness (QED) is 0.129. The van der Waals surface area contributed by atoms with Crippen molar-refractivity contribution in [3.63, 3.8) is 0 Å². The summed E-state index contributed by atoms with van der Waals surface area (Å²) < 4.78 is 8.01. The molecule has 5 rings (SSSR count). The summed E-state index contributed by atoms with van der Waals surface area (Å²) in [6.45, 7) is 2.67. The number of nitrogens with zero attached hydrogens (tertiary/aromatic N) is 2. The summed E-state index contributed by atoms with van der Waals surface area (Å²) in [5.74, 6) is 0.202. The lowest BCUT2D eigenvalue weighted by molar-refractivity contribution is -0.130. The highest BCUT2D eigenvalue weighted by molar-refractivity contribution is 7.09. The van der Waals surface area contributed by atoms with Crippen LogP contribution in [0.15, 0.2) is 71.7 Å². The summed E-state index contributed by atoms with van der Waals surface area (Å²) in [6.07, 6.45) is 10.3. The molecule has 0 atom stereocenters. The molecule has 7 heteroatoms. The molecule has 0 amide bonds. The minimum atomic E-state index is -0.948. The van der Waals surface area contributed by atoms with Crippen LogP contribution in [-0.2, 0) is 37.0 Å². The van der Waals surface area contributed by atoms with Crippen molar-refractivity contribution in [1.29, 1.82) is 0 Å². The van der Waals surface area contributed by atoms with Crippen LogP contribution in [0.5, 0.6) is 5.75 Å². The van der Waals surface area contributed by atoms with Gasteiger partial charge in [0.05, 0.1) is 17.5 Å². The molecule has 0 unspecified atom stereocenters. The second kappa shape index (κ2) is 12.3. The van der Waals surface area contributed by atoms with Crippen LogP contribution in [0.1, 0.15) is 69.6 Å². The highest BCUT2D eigenvalue weighted by atomic mass is 32.1. The third kappa shape index (κ3) is 6.55. The number of rotatable bonds is 11. The number of fused-ring (bicyclic) bond motifs is 1. The molecule has 0 fully saturated rings. The first-order chi connectivity index (χ1) is 19.0. The van der Waals surface area contributed by atoms with E-state index in [4.69, 9.17) is 9.72 Å². The molecule has 39 heavy (non-hydrogen) atoms. The number of aromatic carboxylic acids is 1. The number of hydrogen-bond donors (Lipinski definition) is 1. The normalized spacial score (nSPS) is 12.9.